The molecule has 1 aromatic heterocycles. The topological polar surface area (TPSA) is 88.6 Å². The minimum atomic E-state index is -0.239. The largest absolute Gasteiger partial charge is 0.495 e. The number of carbonyl (C=O) groups excluding carboxylic acids is 1. The highest BCUT2D eigenvalue weighted by molar-refractivity contribution is 5.68. The number of hydrogen-bond donors (Lipinski definition) is 2. The highest BCUT2D eigenvalue weighted by Gasteiger charge is 2.24. The Hall–Kier alpha value is -3.03. The van der Waals surface area contributed by atoms with Crippen LogP contribution in [-0.4, -0.2) is 53.8 Å². The third-order valence-corrected chi connectivity index (χ3v) is 4.83. The van der Waals surface area contributed by atoms with Crippen LogP contribution in [0.5, 0.6) is 5.75 Å². The molecule has 0 unspecified atom stereocenters. The van der Waals surface area contributed by atoms with E-state index in [1.54, 1.807) is 12.0 Å². The molecule has 0 aliphatic carbocycles. The average molecular weight is 399 g/mol. The molecule has 2 heterocycles. The Morgan fingerprint density at radius 2 is 1.97 bits per heavy atom. The van der Waals surface area contributed by atoms with Gasteiger partial charge in [0.1, 0.15) is 11.6 Å². The zero-order chi connectivity index (χ0) is 20.8. The number of aromatic nitrogens is 2. The van der Waals surface area contributed by atoms with Crippen LogP contribution in [0.3, 0.4) is 0 Å². The fourth-order valence-corrected chi connectivity index (χ4v) is 3.36. The second-order valence-electron chi connectivity index (χ2n) is 7.15. The Morgan fingerprint density at radius 3 is 2.66 bits per heavy atom. The number of likely N-dealkylation sites (tertiary alicyclic amines) is 1. The van der Waals surface area contributed by atoms with E-state index in [2.05, 4.69) is 20.6 Å². The van der Waals surface area contributed by atoms with Gasteiger partial charge in [-0.2, -0.15) is 4.98 Å². The molecule has 1 aromatic carbocycles. The zero-order valence-corrected chi connectivity index (χ0v) is 17.5. The highest BCUT2D eigenvalue weighted by atomic mass is 16.6. The number of benzene rings is 1. The molecule has 0 radical (unpaired) electrons. The summed E-state index contributed by atoms with van der Waals surface area (Å²) in [4.78, 5) is 22.7. The highest BCUT2D eigenvalue weighted by Crippen LogP contribution is 2.28. The van der Waals surface area contributed by atoms with E-state index in [1.165, 1.54) is 0 Å². The Morgan fingerprint density at radius 1 is 1.21 bits per heavy atom. The number of nitrogens with one attached hydrogen (secondary N) is 2. The standard InChI is InChI=1S/C21H29N5O3/c1-5-29-21(27)26-10-8-16(9-11-26)23-20-22-15(3)13-19(25-20)24-17-12-14(2)6-7-18(17)28-4/h6-7,12-13,16H,5,8-11H2,1-4H3,(H2,22,23,24,25). The molecule has 3 rings (SSSR count). The van der Waals surface area contributed by atoms with Gasteiger partial charge in [-0.1, -0.05) is 6.07 Å². The number of ether oxygens (including phenoxy) is 2. The molecule has 8 nitrogen and oxygen atoms in total. The van der Waals surface area contributed by atoms with E-state index >= 15 is 0 Å². The van der Waals surface area contributed by atoms with Crippen LogP contribution in [0, 0.1) is 13.8 Å². The van der Waals surface area contributed by atoms with Gasteiger partial charge in [-0.3, -0.25) is 0 Å². The van der Waals surface area contributed by atoms with E-state index in [0.29, 0.717) is 31.5 Å². The van der Waals surface area contributed by atoms with E-state index in [9.17, 15) is 4.79 Å². The molecule has 1 amide bonds. The van der Waals surface area contributed by atoms with Crippen LogP contribution >= 0.6 is 0 Å². The van der Waals surface area contributed by atoms with Crippen LogP contribution in [0.15, 0.2) is 24.3 Å². The van der Waals surface area contributed by atoms with Gasteiger partial charge in [0.05, 0.1) is 19.4 Å². The monoisotopic (exact) mass is 399 g/mol. The number of piperidine rings is 1. The summed E-state index contributed by atoms with van der Waals surface area (Å²) in [6.45, 7) is 7.51. The van der Waals surface area contributed by atoms with Gasteiger partial charge in [0.15, 0.2) is 0 Å². The third kappa shape index (κ3) is 5.49. The predicted molar refractivity (Wildman–Crippen MR) is 113 cm³/mol. The van der Waals surface area contributed by atoms with Crippen LogP contribution in [0.25, 0.3) is 0 Å². The number of rotatable bonds is 6. The van der Waals surface area contributed by atoms with Gasteiger partial charge in [0.2, 0.25) is 5.95 Å². The molecule has 1 aliphatic rings. The van der Waals surface area contributed by atoms with Crippen molar-refractivity contribution in [2.75, 3.05) is 37.4 Å². The van der Waals surface area contributed by atoms with Crippen molar-refractivity contribution in [2.45, 2.75) is 39.7 Å². The van der Waals surface area contributed by atoms with Gasteiger partial charge in [0, 0.05) is 30.9 Å². The lowest BCUT2D eigenvalue weighted by atomic mass is 10.1. The fraction of sp³-hybridized carbons (Fsp3) is 0.476. The summed E-state index contributed by atoms with van der Waals surface area (Å²) < 4.78 is 10.5. The molecular formula is C21H29N5O3. The van der Waals surface area contributed by atoms with Gasteiger partial charge in [-0.15, -0.1) is 0 Å². The van der Waals surface area contributed by atoms with Crippen molar-refractivity contribution in [3.05, 3.63) is 35.5 Å². The van der Waals surface area contributed by atoms with Gasteiger partial charge in [-0.05, 0) is 51.3 Å². The number of aryl methyl sites for hydroxylation is 2. The quantitative estimate of drug-likeness (QED) is 0.762. The maximum absolute atomic E-state index is 11.8. The minimum Gasteiger partial charge on any atom is -0.495 e. The minimum absolute atomic E-state index is 0.212. The van der Waals surface area contributed by atoms with Crippen LogP contribution < -0.4 is 15.4 Å². The number of hydrogen-bond acceptors (Lipinski definition) is 7. The van der Waals surface area contributed by atoms with Gasteiger partial charge < -0.3 is 25.0 Å². The summed E-state index contributed by atoms with van der Waals surface area (Å²) >= 11 is 0. The summed E-state index contributed by atoms with van der Waals surface area (Å²) in [6.07, 6.45) is 1.41. The number of nitrogens with zero attached hydrogens (tertiary/aromatic N) is 3. The summed E-state index contributed by atoms with van der Waals surface area (Å²) in [5, 5.41) is 6.74. The molecule has 1 aliphatic heterocycles. The smallest absolute Gasteiger partial charge is 0.409 e. The van der Waals surface area contributed by atoms with Crippen molar-refractivity contribution >= 4 is 23.5 Å². The zero-order valence-electron chi connectivity index (χ0n) is 17.5. The lowest BCUT2D eigenvalue weighted by molar-refractivity contribution is 0.0983. The van der Waals surface area contributed by atoms with Crippen LogP contribution in [0.4, 0.5) is 22.2 Å². The molecule has 2 N–H and O–H groups in total. The third-order valence-electron chi connectivity index (χ3n) is 4.83. The van der Waals surface area contributed by atoms with Crippen LogP contribution in [0.1, 0.15) is 31.0 Å². The fourth-order valence-electron chi connectivity index (χ4n) is 3.36. The molecule has 29 heavy (non-hydrogen) atoms. The lowest BCUT2D eigenvalue weighted by Crippen LogP contribution is -2.42. The first-order valence-electron chi connectivity index (χ1n) is 9.94. The first-order valence-corrected chi connectivity index (χ1v) is 9.94. The first-order chi connectivity index (χ1) is 14.0. The predicted octanol–water partition coefficient (Wildman–Crippen LogP) is 3.88. The molecule has 1 saturated heterocycles. The van der Waals surface area contributed by atoms with E-state index in [-0.39, 0.29) is 12.1 Å². The molecule has 0 bridgehead atoms. The maximum atomic E-state index is 11.8. The molecule has 0 saturated carbocycles. The Labute approximate surface area is 171 Å². The number of methoxy groups -OCH3 is 1. The molecular weight excluding hydrogens is 370 g/mol. The van der Waals surface area contributed by atoms with E-state index < -0.39 is 0 Å². The van der Waals surface area contributed by atoms with Crippen molar-refractivity contribution in [2.24, 2.45) is 0 Å². The molecule has 156 valence electrons. The first kappa shape index (κ1) is 20.7. The van der Waals surface area contributed by atoms with Crippen LogP contribution in [0.2, 0.25) is 0 Å². The van der Waals surface area contributed by atoms with Crippen molar-refractivity contribution in [3.63, 3.8) is 0 Å². The molecule has 8 heteroatoms. The van der Waals surface area contributed by atoms with E-state index in [4.69, 9.17) is 9.47 Å². The van der Waals surface area contributed by atoms with Crippen molar-refractivity contribution in [1.29, 1.82) is 0 Å². The van der Waals surface area contributed by atoms with Gasteiger partial charge >= 0.3 is 6.09 Å². The lowest BCUT2D eigenvalue weighted by Gasteiger charge is -2.31. The molecule has 1 fully saturated rings. The Bertz CT molecular complexity index is 850. The van der Waals surface area contributed by atoms with Crippen molar-refractivity contribution in [1.82, 2.24) is 14.9 Å². The Balaban J connectivity index is 1.66. The summed E-state index contributed by atoms with van der Waals surface area (Å²) in [6, 6.07) is 8.07. The second-order valence-corrected chi connectivity index (χ2v) is 7.15. The average Bonchev–Trinajstić information content (AvgIpc) is 2.68. The van der Waals surface area contributed by atoms with Crippen LogP contribution in [-0.2, 0) is 4.74 Å². The SMILES string of the molecule is CCOC(=O)N1CCC(Nc2nc(C)cc(Nc3cc(C)ccc3OC)n2)CC1. The number of amides is 1. The van der Waals surface area contributed by atoms with Gasteiger partial charge in [0.25, 0.3) is 0 Å². The maximum Gasteiger partial charge on any atom is 0.409 e. The Kier molecular flexibility index (Phi) is 6.74. The molecule has 2 aromatic rings. The number of anilines is 3. The van der Waals surface area contributed by atoms with Gasteiger partial charge in [-0.25, -0.2) is 9.78 Å². The van der Waals surface area contributed by atoms with Crippen molar-refractivity contribution < 1.29 is 14.3 Å². The summed E-state index contributed by atoms with van der Waals surface area (Å²) in [5.41, 5.74) is 2.85. The van der Waals surface area contributed by atoms with E-state index in [1.807, 2.05) is 45.0 Å². The second kappa shape index (κ2) is 9.45. The molecule has 0 atom stereocenters. The van der Waals surface area contributed by atoms with E-state index in [0.717, 1.165) is 35.5 Å². The number of carbonyl (C=O) groups is 1. The summed E-state index contributed by atoms with van der Waals surface area (Å²) in [7, 11) is 1.65. The molecule has 0 spiro atoms. The van der Waals surface area contributed by atoms with Crippen molar-refractivity contribution in [3.8, 4) is 5.75 Å². The normalized spacial score (nSPS) is 14.4. The summed E-state index contributed by atoms with van der Waals surface area (Å²) in [5.74, 6) is 2.04.